The van der Waals surface area contributed by atoms with Gasteiger partial charge in [0.1, 0.15) is 11.6 Å². The minimum absolute atomic E-state index is 0. The van der Waals surface area contributed by atoms with E-state index in [-0.39, 0.29) is 31.3 Å². The number of aromatic nitrogens is 4. The molecular weight excluding hydrogens is 735 g/mol. The molecule has 7 aromatic rings. The van der Waals surface area contributed by atoms with Crippen molar-refractivity contribution in [3.05, 3.63) is 125 Å². The summed E-state index contributed by atoms with van der Waals surface area (Å²) in [5.41, 5.74) is 11.5. The summed E-state index contributed by atoms with van der Waals surface area (Å²) in [5.74, 6) is 2.93. The average molecular weight is 781 g/mol. The molecule has 0 amide bonds. The summed E-state index contributed by atoms with van der Waals surface area (Å²) in [7, 11) is 1.74. The molecule has 0 saturated heterocycles. The third-order valence-electron chi connectivity index (χ3n) is 9.71. The topological polar surface area (TPSA) is 54.1 Å². The molecule has 0 aliphatic carbocycles. The Kier molecular flexibility index (Phi) is 9.76. The molecule has 0 spiro atoms. The van der Waals surface area contributed by atoms with Crippen LogP contribution in [0.25, 0.3) is 44.4 Å². The Morgan fingerprint density at radius 1 is 0.712 bits per heavy atom. The number of pyridine rings is 1. The van der Waals surface area contributed by atoms with Crippen LogP contribution in [0.4, 0.5) is 0 Å². The molecule has 0 aliphatic heterocycles. The quantitative estimate of drug-likeness (QED) is 0.125. The molecule has 4 aromatic carbocycles. The van der Waals surface area contributed by atoms with E-state index in [2.05, 4.69) is 139 Å². The fraction of sp³-hybridized carbons (Fsp3) is 0.289. The van der Waals surface area contributed by atoms with Crippen LogP contribution < -0.4 is 9.47 Å². The largest absolute Gasteiger partial charge is 2.00 e. The van der Waals surface area contributed by atoms with E-state index in [1.54, 1.807) is 7.11 Å². The number of hydrogen-bond acceptors (Lipinski definition) is 4. The molecule has 268 valence electrons. The molecule has 3 heterocycles. The monoisotopic (exact) mass is 780 g/mol. The van der Waals surface area contributed by atoms with Gasteiger partial charge in [0.2, 0.25) is 0 Å². The number of rotatable bonds is 6. The number of ether oxygens (including phenoxy) is 2. The number of aryl methyl sites for hydroxylation is 2. The van der Waals surface area contributed by atoms with Crippen molar-refractivity contribution < 1.29 is 29.9 Å². The van der Waals surface area contributed by atoms with Gasteiger partial charge in [-0.05, 0) is 90.9 Å². The first-order valence-electron chi connectivity index (χ1n) is 17.6. The summed E-state index contributed by atoms with van der Waals surface area (Å²) < 4.78 is 16.5. The molecule has 3 aromatic heterocycles. The van der Waals surface area contributed by atoms with Crippen molar-refractivity contribution in [2.75, 3.05) is 7.11 Å². The summed E-state index contributed by atoms with van der Waals surface area (Å²) >= 11 is 0. The zero-order chi connectivity index (χ0) is 36.4. The van der Waals surface area contributed by atoms with E-state index in [1.807, 2.05) is 30.5 Å². The second-order valence-corrected chi connectivity index (χ2v) is 15.6. The van der Waals surface area contributed by atoms with Crippen molar-refractivity contribution in [1.82, 2.24) is 19.3 Å². The minimum atomic E-state index is -0.251. The van der Waals surface area contributed by atoms with E-state index in [0.29, 0.717) is 11.5 Å². The summed E-state index contributed by atoms with van der Waals surface area (Å²) in [6, 6.07) is 31.9. The standard InChI is InChI=1S/C45H46N4O2.Pd/c1-27-21-22-46-39(23-27)48-36-18-13-12-17-34(36)35-20-19-33(26-37(35)48)51-32-16-14-15-31(25-32)49-43(45(8,9)10)41(42(47-49)44(5,6)7)40-28(2)24-38(50-11)29(3)30(40)4;/h12-24H,1-11H3;/q-2;+2. The van der Waals surface area contributed by atoms with Crippen molar-refractivity contribution in [2.24, 2.45) is 0 Å². The molecule has 0 unspecified atom stereocenters. The Morgan fingerprint density at radius 2 is 1.44 bits per heavy atom. The Balaban J connectivity index is 0.00000464. The minimum Gasteiger partial charge on any atom is -0.509 e. The molecule has 0 N–H and O–H groups in total. The number of para-hydroxylation sites is 1. The van der Waals surface area contributed by atoms with Gasteiger partial charge in [0.05, 0.1) is 18.5 Å². The Hall–Kier alpha value is -4.70. The Labute approximate surface area is 321 Å². The normalized spacial score (nSPS) is 12.0. The molecule has 0 aliphatic rings. The number of benzene rings is 4. The molecule has 0 atom stereocenters. The summed E-state index contributed by atoms with van der Waals surface area (Å²) in [4.78, 5) is 4.72. The van der Waals surface area contributed by atoms with E-state index in [9.17, 15) is 0 Å². The third kappa shape index (κ3) is 6.46. The van der Waals surface area contributed by atoms with E-state index in [4.69, 9.17) is 19.6 Å². The Morgan fingerprint density at radius 3 is 2.13 bits per heavy atom. The molecule has 7 rings (SSSR count). The van der Waals surface area contributed by atoms with Gasteiger partial charge in [-0.25, -0.2) is 4.98 Å². The van der Waals surface area contributed by atoms with E-state index >= 15 is 0 Å². The summed E-state index contributed by atoms with van der Waals surface area (Å²) in [6.45, 7) is 22.0. The SMILES string of the molecule is COc1cc(C)c(-c2c(C(C)(C)C)nn(-c3[c-]c(Oc4[c-]c5c(cc4)c4ccccc4n5-c4cc(C)ccn4)ccc3)c2C(C)(C)C)c(C)c1C.[Pd+2]. The average Bonchev–Trinajstić information content (AvgIpc) is 3.64. The van der Waals surface area contributed by atoms with Gasteiger partial charge in [-0.2, -0.15) is 17.2 Å². The van der Waals surface area contributed by atoms with Crippen LogP contribution >= 0.6 is 0 Å². The molecule has 0 radical (unpaired) electrons. The van der Waals surface area contributed by atoms with E-state index in [1.165, 1.54) is 16.7 Å². The van der Waals surface area contributed by atoms with Crippen molar-refractivity contribution in [3.63, 3.8) is 0 Å². The summed E-state index contributed by atoms with van der Waals surface area (Å²) in [5, 5.41) is 7.63. The molecule has 6 nitrogen and oxygen atoms in total. The van der Waals surface area contributed by atoms with Gasteiger partial charge < -0.3 is 14.0 Å². The second-order valence-electron chi connectivity index (χ2n) is 15.6. The predicted octanol–water partition coefficient (Wildman–Crippen LogP) is 11.3. The van der Waals surface area contributed by atoms with Crippen molar-refractivity contribution in [3.8, 4) is 39.9 Å². The van der Waals surface area contributed by atoms with E-state index < -0.39 is 0 Å². The number of methoxy groups -OCH3 is 1. The van der Waals surface area contributed by atoms with Gasteiger partial charge in [-0.3, -0.25) is 4.68 Å². The van der Waals surface area contributed by atoms with Crippen LogP contribution in [0, 0.1) is 39.8 Å². The van der Waals surface area contributed by atoms with Gasteiger partial charge >= 0.3 is 20.4 Å². The van der Waals surface area contributed by atoms with Crippen LogP contribution in [0.2, 0.25) is 0 Å². The molecule has 0 saturated carbocycles. The maximum atomic E-state index is 6.55. The van der Waals surface area contributed by atoms with E-state index in [0.717, 1.165) is 67.1 Å². The van der Waals surface area contributed by atoms with Crippen molar-refractivity contribution >= 4 is 21.8 Å². The number of hydrogen-bond donors (Lipinski definition) is 0. The first-order valence-corrected chi connectivity index (χ1v) is 17.6. The fourth-order valence-corrected chi connectivity index (χ4v) is 7.24. The van der Waals surface area contributed by atoms with Crippen LogP contribution in [-0.2, 0) is 31.3 Å². The third-order valence-corrected chi connectivity index (χ3v) is 9.71. The number of nitrogens with zero attached hydrogens (tertiary/aromatic N) is 4. The van der Waals surface area contributed by atoms with Crippen LogP contribution in [0.5, 0.6) is 17.2 Å². The maximum absolute atomic E-state index is 6.55. The molecule has 0 bridgehead atoms. The van der Waals surface area contributed by atoms with Crippen LogP contribution in [-0.4, -0.2) is 26.4 Å². The molecule has 7 heteroatoms. The first-order chi connectivity index (χ1) is 24.2. The van der Waals surface area contributed by atoms with Gasteiger partial charge in [0.15, 0.2) is 0 Å². The maximum Gasteiger partial charge on any atom is 2.00 e. The number of fused-ring (bicyclic) bond motifs is 3. The molecule has 0 fully saturated rings. The predicted molar refractivity (Wildman–Crippen MR) is 208 cm³/mol. The van der Waals surface area contributed by atoms with Crippen LogP contribution in [0.3, 0.4) is 0 Å². The van der Waals surface area contributed by atoms with Crippen molar-refractivity contribution in [2.45, 2.75) is 80.1 Å². The van der Waals surface area contributed by atoms with Crippen LogP contribution in [0.1, 0.15) is 75.2 Å². The van der Waals surface area contributed by atoms with Gasteiger partial charge in [0, 0.05) is 39.6 Å². The first kappa shape index (κ1) is 37.1. The smallest absolute Gasteiger partial charge is 0.509 e. The van der Waals surface area contributed by atoms with Gasteiger partial charge in [0.25, 0.3) is 0 Å². The van der Waals surface area contributed by atoms with Crippen LogP contribution in [0.15, 0.2) is 79.0 Å². The second kappa shape index (κ2) is 13.7. The summed E-state index contributed by atoms with van der Waals surface area (Å²) in [6.07, 6.45) is 1.85. The molecule has 52 heavy (non-hydrogen) atoms. The zero-order valence-corrected chi connectivity index (χ0v) is 33.5. The van der Waals surface area contributed by atoms with Gasteiger partial charge in [-0.1, -0.05) is 65.3 Å². The van der Waals surface area contributed by atoms with Crippen molar-refractivity contribution in [1.29, 1.82) is 0 Å². The van der Waals surface area contributed by atoms with Gasteiger partial charge in [-0.15, -0.1) is 35.7 Å². The zero-order valence-electron chi connectivity index (χ0n) is 31.9. The fourth-order valence-electron chi connectivity index (χ4n) is 7.24. The Bertz CT molecular complexity index is 2460. The molecular formula is C45H46N4O2Pd.